The molecule has 0 heterocycles. The van der Waals surface area contributed by atoms with Gasteiger partial charge in [-0.2, -0.15) is 0 Å². The number of ether oxygens (including phenoxy) is 2. The van der Waals surface area contributed by atoms with Crippen LogP contribution in [-0.4, -0.2) is 26.0 Å². The van der Waals surface area contributed by atoms with Crippen LogP contribution in [0, 0.1) is 25.7 Å². The maximum Gasteiger partial charge on any atom is 0.228 e. The first kappa shape index (κ1) is 18.8. The summed E-state index contributed by atoms with van der Waals surface area (Å²) in [7, 11) is 3.09. The second-order valence-corrected chi connectivity index (χ2v) is 6.82. The van der Waals surface area contributed by atoms with Gasteiger partial charge in [0.25, 0.3) is 0 Å². The van der Waals surface area contributed by atoms with Gasteiger partial charge in [0, 0.05) is 17.4 Å². The molecule has 0 bridgehead atoms. The van der Waals surface area contributed by atoms with E-state index >= 15 is 0 Å². The summed E-state index contributed by atoms with van der Waals surface area (Å²) >= 11 is 0. The normalized spacial score (nSPS) is 17.8. The first-order chi connectivity index (χ1) is 12.9. The third-order valence-corrected chi connectivity index (χ3v) is 4.77. The van der Waals surface area contributed by atoms with E-state index in [0.29, 0.717) is 23.6 Å². The number of amides is 2. The van der Waals surface area contributed by atoms with E-state index in [0.717, 1.165) is 16.8 Å². The van der Waals surface area contributed by atoms with Gasteiger partial charge in [-0.05, 0) is 49.6 Å². The topological polar surface area (TPSA) is 76.7 Å². The first-order valence-corrected chi connectivity index (χ1v) is 8.84. The van der Waals surface area contributed by atoms with E-state index in [1.165, 1.54) is 7.11 Å². The summed E-state index contributed by atoms with van der Waals surface area (Å²) in [6, 6.07) is 11.1. The summed E-state index contributed by atoms with van der Waals surface area (Å²) in [5.41, 5.74) is 3.49. The van der Waals surface area contributed by atoms with Gasteiger partial charge in [0.15, 0.2) is 11.5 Å². The number of carbonyl (C=O) groups excluding carboxylic acids is 2. The third kappa shape index (κ3) is 4.22. The Bertz CT molecular complexity index is 878. The molecule has 1 aliphatic rings. The van der Waals surface area contributed by atoms with Crippen LogP contribution < -0.4 is 20.1 Å². The molecule has 2 aromatic rings. The van der Waals surface area contributed by atoms with Gasteiger partial charge in [-0.3, -0.25) is 9.59 Å². The predicted molar refractivity (Wildman–Crippen MR) is 104 cm³/mol. The second kappa shape index (κ2) is 7.70. The van der Waals surface area contributed by atoms with E-state index in [4.69, 9.17) is 9.47 Å². The van der Waals surface area contributed by atoms with Gasteiger partial charge in [0.1, 0.15) is 0 Å². The van der Waals surface area contributed by atoms with Crippen LogP contribution in [0.1, 0.15) is 17.5 Å². The molecule has 0 saturated heterocycles. The van der Waals surface area contributed by atoms with Gasteiger partial charge in [-0.25, -0.2) is 0 Å². The van der Waals surface area contributed by atoms with E-state index in [1.807, 2.05) is 32.0 Å². The Morgan fingerprint density at radius 2 is 1.56 bits per heavy atom. The summed E-state index contributed by atoms with van der Waals surface area (Å²) in [6.45, 7) is 3.93. The summed E-state index contributed by atoms with van der Waals surface area (Å²) < 4.78 is 10.4. The highest BCUT2D eigenvalue weighted by atomic mass is 16.5. The van der Waals surface area contributed by atoms with Gasteiger partial charge in [-0.15, -0.1) is 0 Å². The molecular formula is C21H24N2O4. The summed E-state index contributed by atoms with van der Waals surface area (Å²) in [5.74, 6) is 0.232. The van der Waals surface area contributed by atoms with Gasteiger partial charge in [0.2, 0.25) is 11.8 Å². The highest BCUT2D eigenvalue weighted by Gasteiger charge is 2.48. The number of hydrogen-bond acceptors (Lipinski definition) is 4. The van der Waals surface area contributed by atoms with Crippen molar-refractivity contribution in [3.05, 3.63) is 47.5 Å². The lowest BCUT2D eigenvalue weighted by Crippen LogP contribution is -2.21. The maximum absolute atomic E-state index is 12.5. The van der Waals surface area contributed by atoms with Crippen LogP contribution in [0.25, 0.3) is 0 Å². The molecule has 3 rings (SSSR count). The van der Waals surface area contributed by atoms with Crippen molar-refractivity contribution in [3.8, 4) is 11.5 Å². The molecule has 27 heavy (non-hydrogen) atoms. The van der Waals surface area contributed by atoms with Crippen molar-refractivity contribution in [3.63, 3.8) is 0 Å². The molecule has 0 aliphatic heterocycles. The lowest BCUT2D eigenvalue weighted by molar-refractivity contribution is -0.122. The zero-order valence-corrected chi connectivity index (χ0v) is 16.0. The molecule has 0 spiro atoms. The second-order valence-electron chi connectivity index (χ2n) is 6.82. The van der Waals surface area contributed by atoms with E-state index in [-0.39, 0.29) is 23.7 Å². The van der Waals surface area contributed by atoms with E-state index in [9.17, 15) is 9.59 Å². The number of nitrogens with one attached hydrogen (secondary N) is 2. The molecule has 2 amide bonds. The van der Waals surface area contributed by atoms with Crippen LogP contribution in [0.4, 0.5) is 11.4 Å². The zero-order chi connectivity index (χ0) is 19.6. The summed E-state index contributed by atoms with van der Waals surface area (Å²) in [5, 5.41) is 5.78. The Balaban J connectivity index is 1.60. The lowest BCUT2D eigenvalue weighted by atomic mass is 10.1. The molecule has 1 aliphatic carbocycles. The van der Waals surface area contributed by atoms with Crippen molar-refractivity contribution in [1.82, 2.24) is 0 Å². The van der Waals surface area contributed by atoms with E-state index in [2.05, 4.69) is 10.6 Å². The fraction of sp³-hybridized carbons (Fsp3) is 0.333. The van der Waals surface area contributed by atoms with Gasteiger partial charge < -0.3 is 20.1 Å². The SMILES string of the molecule is COc1ccc(NC(=O)C2CC2C(=O)Nc2cc(C)ccc2C)cc1OC. The Morgan fingerprint density at radius 1 is 0.889 bits per heavy atom. The average molecular weight is 368 g/mol. The molecule has 0 aromatic heterocycles. The molecule has 6 heteroatoms. The number of benzene rings is 2. The van der Waals surface area contributed by atoms with Crippen molar-refractivity contribution >= 4 is 23.2 Å². The fourth-order valence-corrected chi connectivity index (χ4v) is 3.02. The van der Waals surface area contributed by atoms with Gasteiger partial charge in [0.05, 0.1) is 26.1 Å². The van der Waals surface area contributed by atoms with Crippen molar-refractivity contribution < 1.29 is 19.1 Å². The standard InChI is InChI=1S/C21H24N2O4/c1-12-5-6-13(2)17(9-12)23-21(25)16-11-15(16)20(24)22-14-7-8-18(26-3)19(10-14)27-4/h5-10,15-16H,11H2,1-4H3,(H,22,24)(H,23,25). The Kier molecular flexibility index (Phi) is 5.35. The molecule has 142 valence electrons. The predicted octanol–water partition coefficient (Wildman–Crippen LogP) is 3.53. The van der Waals surface area contributed by atoms with Crippen LogP contribution in [-0.2, 0) is 9.59 Å². The van der Waals surface area contributed by atoms with E-state index < -0.39 is 0 Å². The minimum atomic E-state index is -0.316. The molecule has 2 atom stereocenters. The number of aryl methyl sites for hydroxylation is 2. The number of anilines is 2. The molecular weight excluding hydrogens is 344 g/mol. The number of carbonyl (C=O) groups is 2. The van der Waals surface area contributed by atoms with Crippen LogP contribution in [0.15, 0.2) is 36.4 Å². The molecule has 1 saturated carbocycles. The van der Waals surface area contributed by atoms with Crippen molar-refractivity contribution in [1.29, 1.82) is 0 Å². The third-order valence-electron chi connectivity index (χ3n) is 4.77. The lowest BCUT2D eigenvalue weighted by Gasteiger charge is -2.11. The van der Waals surface area contributed by atoms with E-state index in [1.54, 1.807) is 25.3 Å². The van der Waals surface area contributed by atoms with Crippen LogP contribution in [0.3, 0.4) is 0 Å². The zero-order valence-electron chi connectivity index (χ0n) is 16.0. The number of rotatable bonds is 6. The van der Waals surface area contributed by atoms with Gasteiger partial charge >= 0.3 is 0 Å². The summed E-state index contributed by atoms with van der Waals surface area (Å²) in [4.78, 5) is 24.9. The molecule has 2 unspecified atom stereocenters. The minimum Gasteiger partial charge on any atom is -0.493 e. The van der Waals surface area contributed by atoms with Gasteiger partial charge in [-0.1, -0.05) is 12.1 Å². The molecule has 2 aromatic carbocycles. The summed E-state index contributed by atoms with van der Waals surface area (Å²) in [6.07, 6.45) is 0.551. The first-order valence-electron chi connectivity index (χ1n) is 8.84. The van der Waals surface area contributed by atoms with Crippen molar-refractivity contribution in [2.45, 2.75) is 20.3 Å². The molecule has 1 fully saturated rings. The monoisotopic (exact) mass is 368 g/mol. The highest BCUT2D eigenvalue weighted by molar-refractivity contribution is 6.03. The van der Waals surface area contributed by atoms with Crippen molar-refractivity contribution in [2.24, 2.45) is 11.8 Å². The van der Waals surface area contributed by atoms with Crippen LogP contribution in [0.2, 0.25) is 0 Å². The maximum atomic E-state index is 12.5. The minimum absolute atomic E-state index is 0.115. The largest absolute Gasteiger partial charge is 0.493 e. The fourth-order valence-electron chi connectivity index (χ4n) is 3.02. The Morgan fingerprint density at radius 3 is 2.22 bits per heavy atom. The number of methoxy groups -OCH3 is 2. The Labute approximate surface area is 158 Å². The average Bonchev–Trinajstić information content (AvgIpc) is 3.45. The quantitative estimate of drug-likeness (QED) is 0.818. The van der Waals surface area contributed by atoms with Crippen LogP contribution >= 0.6 is 0 Å². The number of hydrogen-bond donors (Lipinski definition) is 2. The molecule has 2 N–H and O–H groups in total. The van der Waals surface area contributed by atoms with Crippen molar-refractivity contribution in [2.75, 3.05) is 24.9 Å². The smallest absolute Gasteiger partial charge is 0.228 e. The van der Waals surface area contributed by atoms with Crippen LogP contribution in [0.5, 0.6) is 11.5 Å². The highest BCUT2D eigenvalue weighted by Crippen LogP contribution is 2.41. The molecule has 6 nitrogen and oxygen atoms in total. The Hall–Kier alpha value is -3.02. The molecule has 0 radical (unpaired) electrons.